The van der Waals surface area contributed by atoms with Crippen molar-refractivity contribution >= 4 is 11.6 Å². The molecule has 0 saturated carbocycles. The summed E-state index contributed by atoms with van der Waals surface area (Å²) in [5.41, 5.74) is 0.981. The second-order valence-corrected chi connectivity index (χ2v) is 5.02. The fourth-order valence-corrected chi connectivity index (χ4v) is 0.956. The maximum Gasteiger partial charge on any atom is 0.220 e. The van der Waals surface area contributed by atoms with E-state index in [1.165, 1.54) is 0 Å². The van der Waals surface area contributed by atoms with Crippen LogP contribution in [0.15, 0.2) is 5.16 Å². The van der Waals surface area contributed by atoms with Gasteiger partial charge in [0.2, 0.25) is 5.91 Å². The highest BCUT2D eigenvalue weighted by Crippen LogP contribution is 1.98. The smallest absolute Gasteiger partial charge is 0.220 e. The van der Waals surface area contributed by atoms with E-state index in [-0.39, 0.29) is 5.91 Å². The van der Waals surface area contributed by atoms with Gasteiger partial charge in [-0.1, -0.05) is 32.9 Å². The molecule has 0 aliphatic rings. The molecule has 100 valence electrons. The van der Waals surface area contributed by atoms with Crippen LogP contribution >= 0.6 is 0 Å². The first-order chi connectivity index (χ1) is 7.93. The van der Waals surface area contributed by atoms with Gasteiger partial charge in [0.25, 0.3) is 0 Å². The molecule has 0 aromatic heterocycles. The number of carbonyl (C=O) groups excluding carboxylic acids is 1. The third-order valence-electron chi connectivity index (χ3n) is 2.39. The van der Waals surface area contributed by atoms with Crippen LogP contribution in [0.25, 0.3) is 0 Å². The lowest BCUT2D eigenvalue weighted by molar-refractivity contribution is -0.121. The molecule has 4 nitrogen and oxygen atoms in total. The van der Waals surface area contributed by atoms with E-state index in [4.69, 9.17) is 4.84 Å². The number of oxime groups is 1. The van der Waals surface area contributed by atoms with Crippen LogP contribution in [0.2, 0.25) is 0 Å². The highest BCUT2D eigenvalue weighted by atomic mass is 16.6. The Kier molecular flexibility index (Phi) is 8.46. The van der Waals surface area contributed by atoms with Gasteiger partial charge >= 0.3 is 0 Å². The number of nitrogens with zero attached hydrogens (tertiary/aromatic N) is 1. The molecule has 0 atom stereocenters. The van der Waals surface area contributed by atoms with Crippen molar-refractivity contribution in [2.24, 2.45) is 17.0 Å². The Hall–Kier alpha value is -1.06. The van der Waals surface area contributed by atoms with Crippen LogP contribution in [0, 0.1) is 11.8 Å². The molecule has 0 fully saturated rings. The average Bonchev–Trinajstić information content (AvgIpc) is 2.25. The predicted octanol–water partition coefficient (Wildman–Crippen LogP) is 2.59. The van der Waals surface area contributed by atoms with Gasteiger partial charge in [-0.3, -0.25) is 4.79 Å². The van der Waals surface area contributed by atoms with Gasteiger partial charge in [-0.25, -0.2) is 0 Å². The van der Waals surface area contributed by atoms with Crippen LogP contribution in [0.3, 0.4) is 0 Å². The summed E-state index contributed by atoms with van der Waals surface area (Å²) in [5, 5.41) is 6.85. The molecule has 1 N–H and O–H groups in total. The van der Waals surface area contributed by atoms with E-state index < -0.39 is 0 Å². The normalized spacial score (nSPS) is 12.1. The minimum absolute atomic E-state index is 0.0897. The zero-order chi connectivity index (χ0) is 13.3. The van der Waals surface area contributed by atoms with E-state index in [0.717, 1.165) is 12.3 Å². The molecule has 0 aromatic rings. The van der Waals surface area contributed by atoms with Crippen molar-refractivity contribution in [1.29, 1.82) is 0 Å². The van der Waals surface area contributed by atoms with Crippen LogP contribution in [0.1, 0.15) is 47.5 Å². The molecular weight excluding hydrogens is 216 g/mol. The van der Waals surface area contributed by atoms with Gasteiger partial charge in [0.1, 0.15) is 6.61 Å². The fraction of sp³-hybridized carbons (Fsp3) is 0.846. The molecule has 1 amide bonds. The fourth-order valence-electron chi connectivity index (χ4n) is 0.956. The predicted molar refractivity (Wildman–Crippen MR) is 71.0 cm³/mol. The lowest BCUT2D eigenvalue weighted by Crippen LogP contribution is -2.27. The van der Waals surface area contributed by atoms with Gasteiger partial charge in [-0.15, -0.1) is 0 Å². The molecule has 0 saturated heterocycles. The first-order valence-corrected chi connectivity index (χ1v) is 6.36. The molecule has 0 aliphatic heterocycles. The highest BCUT2D eigenvalue weighted by molar-refractivity contribution is 5.83. The van der Waals surface area contributed by atoms with E-state index in [9.17, 15) is 4.79 Å². The number of nitrogens with one attached hydrogen (secondary N) is 1. The molecular formula is C13H26N2O2. The van der Waals surface area contributed by atoms with Gasteiger partial charge in [0.05, 0.1) is 5.71 Å². The van der Waals surface area contributed by atoms with Crippen molar-refractivity contribution in [1.82, 2.24) is 5.32 Å². The largest absolute Gasteiger partial charge is 0.396 e. The molecule has 0 spiro atoms. The third kappa shape index (κ3) is 9.85. The third-order valence-corrected chi connectivity index (χ3v) is 2.39. The lowest BCUT2D eigenvalue weighted by atomic mass is 10.1. The Labute approximate surface area is 105 Å². The number of carbonyl (C=O) groups is 1. The minimum Gasteiger partial charge on any atom is -0.396 e. The molecule has 17 heavy (non-hydrogen) atoms. The van der Waals surface area contributed by atoms with Gasteiger partial charge in [-0.05, 0) is 25.2 Å². The van der Waals surface area contributed by atoms with E-state index in [1.807, 2.05) is 6.92 Å². The van der Waals surface area contributed by atoms with Crippen LogP contribution in [0.5, 0.6) is 0 Å². The minimum atomic E-state index is 0.0897. The Balaban J connectivity index is 3.52. The van der Waals surface area contributed by atoms with E-state index in [2.05, 4.69) is 38.2 Å². The Morgan fingerprint density at radius 3 is 2.47 bits per heavy atom. The van der Waals surface area contributed by atoms with E-state index >= 15 is 0 Å². The van der Waals surface area contributed by atoms with Crippen LogP contribution in [-0.2, 0) is 9.63 Å². The number of hydrogen-bond donors (Lipinski definition) is 1. The molecule has 0 bridgehead atoms. The van der Waals surface area contributed by atoms with Crippen molar-refractivity contribution in [3.63, 3.8) is 0 Å². The number of amides is 1. The van der Waals surface area contributed by atoms with E-state index in [0.29, 0.717) is 31.3 Å². The Bertz CT molecular complexity index is 248. The lowest BCUT2D eigenvalue weighted by Gasteiger charge is -2.07. The first-order valence-electron chi connectivity index (χ1n) is 6.36. The molecule has 0 aromatic carbocycles. The molecule has 0 radical (unpaired) electrons. The van der Waals surface area contributed by atoms with Crippen molar-refractivity contribution in [2.45, 2.75) is 47.5 Å². The summed E-state index contributed by atoms with van der Waals surface area (Å²) in [4.78, 5) is 16.5. The van der Waals surface area contributed by atoms with Gasteiger partial charge in [-0.2, -0.15) is 0 Å². The van der Waals surface area contributed by atoms with Crippen molar-refractivity contribution < 1.29 is 9.63 Å². The zero-order valence-electron chi connectivity index (χ0n) is 11.7. The molecule has 4 heteroatoms. The standard InChI is InChI=1S/C13H26N2O2/c1-10(2)9-14-13(16)7-6-8-17-15-12(5)11(3)4/h10-11H,6-9H2,1-5H3,(H,14,16)/b15-12+. The quantitative estimate of drug-likeness (QED) is 0.404. The highest BCUT2D eigenvalue weighted by Gasteiger charge is 2.02. The van der Waals surface area contributed by atoms with Crippen LogP contribution in [-0.4, -0.2) is 24.8 Å². The summed E-state index contributed by atoms with van der Waals surface area (Å²) in [6.45, 7) is 11.5. The Morgan fingerprint density at radius 1 is 1.29 bits per heavy atom. The summed E-state index contributed by atoms with van der Waals surface area (Å²) in [7, 11) is 0. The van der Waals surface area contributed by atoms with Gasteiger partial charge in [0.15, 0.2) is 0 Å². The second kappa shape index (κ2) is 9.02. The summed E-state index contributed by atoms with van der Waals surface area (Å²) in [6.07, 6.45) is 1.21. The average molecular weight is 242 g/mol. The van der Waals surface area contributed by atoms with Gasteiger partial charge < -0.3 is 10.2 Å². The number of rotatable bonds is 8. The zero-order valence-corrected chi connectivity index (χ0v) is 11.7. The molecule has 0 rings (SSSR count). The molecule has 0 heterocycles. The Morgan fingerprint density at radius 2 is 1.94 bits per heavy atom. The molecule has 0 aliphatic carbocycles. The SMILES string of the molecule is C/C(=N\OCCCC(=O)NCC(C)C)C(C)C. The summed E-state index contributed by atoms with van der Waals surface area (Å²) >= 11 is 0. The maximum absolute atomic E-state index is 11.4. The first kappa shape index (κ1) is 15.9. The van der Waals surface area contributed by atoms with E-state index in [1.54, 1.807) is 0 Å². The summed E-state index contributed by atoms with van der Waals surface area (Å²) < 4.78 is 0. The monoisotopic (exact) mass is 242 g/mol. The second-order valence-electron chi connectivity index (χ2n) is 5.02. The van der Waals surface area contributed by atoms with Crippen LogP contribution in [0.4, 0.5) is 0 Å². The molecule has 0 unspecified atom stereocenters. The van der Waals surface area contributed by atoms with Crippen molar-refractivity contribution in [3.8, 4) is 0 Å². The maximum atomic E-state index is 11.4. The summed E-state index contributed by atoms with van der Waals surface area (Å²) in [6, 6.07) is 0. The van der Waals surface area contributed by atoms with Crippen molar-refractivity contribution in [2.75, 3.05) is 13.2 Å². The topological polar surface area (TPSA) is 50.7 Å². The van der Waals surface area contributed by atoms with Gasteiger partial charge in [0, 0.05) is 13.0 Å². The van der Waals surface area contributed by atoms with Crippen molar-refractivity contribution in [3.05, 3.63) is 0 Å². The van der Waals surface area contributed by atoms with Crippen LogP contribution < -0.4 is 5.32 Å². The summed E-state index contributed by atoms with van der Waals surface area (Å²) in [5.74, 6) is 0.990. The number of hydrogen-bond acceptors (Lipinski definition) is 3.